The van der Waals surface area contributed by atoms with Crippen LogP contribution >= 0.6 is 0 Å². The van der Waals surface area contributed by atoms with Crippen LogP contribution in [0.25, 0.3) is 0 Å². The number of nitrogens with zero attached hydrogens (tertiary/aromatic N) is 3. The van der Waals surface area contributed by atoms with Gasteiger partial charge in [-0.25, -0.2) is 4.79 Å². The van der Waals surface area contributed by atoms with Crippen LogP contribution < -0.4 is 26.6 Å². The Labute approximate surface area is 181 Å². The minimum atomic E-state index is -0.711. The molecule has 0 atom stereocenters. The zero-order chi connectivity index (χ0) is 22.8. The first kappa shape index (κ1) is 23.7. The Kier molecular flexibility index (Phi) is 8.88. The van der Waals surface area contributed by atoms with Crippen molar-refractivity contribution in [2.45, 2.75) is 52.5 Å². The lowest BCUT2D eigenvalue weighted by Crippen LogP contribution is -2.43. The molecule has 9 heteroatoms. The molecule has 1 aromatic carbocycles. The van der Waals surface area contributed by atoms with E-state index in [9.17, 15) is 19.6 Å². The van der Waals surface area contributed by atoms with E-state index in [-0.39, 0.29) is 30.4 Å². The molecule has 1 heterocycles. The summed E-state index contributed by atoms with van der Waals surface area (Å²) in [7, 11) is 0. The van der Waals surface area contributed by atoms with Gasteiger partial charge in [0.1, 0.15) is 17.6 Å². The fourth-order valence-corrected chi connectivity index (χ4v) is 3.16. The van der Waals surface area contributed by atoms with Gasteiger partial charge >= 0.3 is 5.69 Å². The monoisotopic (exact) mass is 427 g/mol. The van der Waals surface area contributed by atoms with Gasteiger partial charge in [-0.2, -0.15) is 5.26 Å². The van der Waals surface area contributed by atoms with E-state index in [0.29, 0.717) is 24.9 Å². The number of ether oxygens (including phenoxy) is 1. The fraction of sp³-hybridized carbons (Fsp3) is 0.455. The molecule has 2 rings (SSSR count). The van der Waals surface area contributed by atoms with Crippen molar-refractivity contribution < 1.29 is 9.53 Å². The first-order valence-corrected chi connectivity index (χ1v) is 10.5. The Morgan fingerprint density at radius 3 is 2.58 bits per heavy atom. The van der Waals surface area contributed by atoms with Gasteiger partial charge in [-0.1, -0.05) is 45.2 Å². The number of nitriles is 1. The van der Waals surface area contributed by atoms with Crippen LogP contribution in [-0.2, 0) is 11.3 Å². The molecule has 0 bridgehead atoms. The van der Waals surface area contributed by atoms with Gasteiger partial charge in [-0.05, 0) is 25.0 Å². The zero-order valence-corrected chi connectivity index (χ0v) is 18.0. The van der Waals surface area contributed by atoms with Gasteiger partial charge in [0.05, 0.1) is 5.56 Å². The minimum absolute atomic E-state index is 0.0375. The fourth-order valence-electron chi connectivity index (χ4n) is 3.16. The smallest absolute Gasteiger partial charge is 0.330 e. The summed E-state index contributed by atoms with van der Waals surface area (Å²) < 4.78 is 6.85. The Bertz CT molecular complexity index is 1050. The molecule has 0 aliphatic carbocycles. The quantitative estimate of drug-likeness (QED) is 0.529. The number of nitrogens with one attached hydrogen (secondary N) is 1. The number of unbranched alkanes of at least 4 members (excludes halogenated alkanes) is 3. The first-order chi connectivity index (χ1) is 14.9. The van der Waals surface area contributed by atoms with Crippen molar-refractivity contribution in [2.24, 2.45) is 0 Å². The van der Waals surface area contributed by atoms with Gasteiger partial charge in [0.2, 0.25) is 0 Å². The average molecular weight is 428 g/mol. The van der Waals surface area contributed by atoms with Gasteiger partial charge in [0.25, 0.3) is 11.5 Å². The summed E-state index contributed by atoms with van der Waals surface area (Å²) in [5.74, 6) is -0.243. The molecule has 0 saturated carbocycles. The normalized spacial score (nSPS) is 10.5. The number of rotatable bonds is 11. The number of carbonyl (C=O) groups excluding carboxylic acids is 1. The molecule has 0 aliphatic rings. The van der Waals surface area contributed by atoms with E-state index < -0.39 is 17.2 Å². The van der Waals surface area contributed by atoms with Crippen LogP contribution in [0.3, 0.4) is 0 Å². The highest BCUT2D eigenvalue weighted by Crippen LogP contribution is 2.20. The largest absolute Gasteiger partial charge is 0.482 e. The van der Waals surface area contributed by atoms with Crippen molar-refractivity contribution in [1.29, 1.82) is 5.26 Å². The molecule has 166 valence electrons. The van der Waals surface area contributed by atoms with E-state index in [0.717, 1.165) is 19.3 Å². The number of nitrogen functional groups attached to an aromatic ring is 1. The number of carbonyl (C=O) groups is 1. The Hall–Kier alpha value is -3.54. The molecule has 0 fully saturated rings. The van der Waals surface area contributed by atoms with Crippen molar-refractivity contribution in [3.05, 3.63) is 50.7 Å². The maximum atomic E-state index is 13.0. The van der Waals surface area contributed by atoms with Crippen LogP contribution in [0.2, 0.25) is 0 Å². The molecule has 0 unspecified atom stereocenters. The average Bonchev–Trinajstić information content (AvgIpc) is 2.76. The molecular weight excluding hydrogens is 398 g/mol. The summed E-state index contributed by atoms with van der Waals surface area (Å²) in [5.41, 5.74) is 5.14. The molecule has 0 radical (unpaired) electrons. The summed E-state index contributed by atoms with van der Waals surface area (Å²) in [4.78, 5) is 41.4. The van der Waals surface area contributed by atoms with Crippen molar-refractivity contribution in [3.8, 4) is 11.8 Å². The van der Waals surface area contributed by atoms with Gasteiger partial charge in [-0.3, -0.25) is 19.1 Å². The Morgan fingerprint density at radius 2 is 1.90 bits per heavy atom. The summed E-state index contributed by atoms with van der Waals surface area (Å²) in [6.45, 7) is 4.23. The third-order valence-corrected chi connectivity index (χ3v) is 4.86. The summed E-state index contributed by atoms with van der Waals surface area (Å²) in [6, 6.07) is 8.59. The Balaban J connectivity index is 2.37. The van der Waals surface area contributed by atoms with Crippen LogP contribution in [-0.4, -0.2) is 28.6 Å². The summed E-state index contributed by atoms with van der Waals surface area (Å²) in [5, 5.41) is 9.19. The first-order valence-electron chi connectivity index (χ1n) is 10.5. The number of aromatic amines is 1. The number of amides is 1. The van der Waals surface area contributed by atoms with Gasteiger partial charge in [0.15, 0.2) is 12.3 Å². The molecule has 2 aromatic rings. The molecule has 0 saturated heterocycles. The Morgan fingerprint density at radius 1 is 1.19 bits per heavy atom. The second kappa shape index (κ2) is 11.6. The molecular formula is C22H29N5O4. The molecule has 0 aliphatic heterocycles. The molecule has 31 heavy (non-hydrogen) atoms. The minimum Gasteiger partial charge on any atom is -0.482 e. The van der Waals surface area contributed by atoms with E-state index in [1.807, 2.05) is 19.9 Å². The van der Waals surface area contributed by atoms with E-state index in [1.165, 1.54) is 9.47 Å². The number of H-pyrrole nitrogens is 1. The van der Waals surface area contributed by atoms with Crippen LogP contribution in [0.4, 0.5) is 11.5 Å². The second-order valence-corrected chi connectivity index (χ2v) is 7.15. The second-order valence-electron chi connectivity index (χ2n) is 7.15. The van der Waals surface area contributed by atoms with Gasteiger partial charge < -0.3 is 15.4 Å². The number of benzene rings is 1. The molecule has 1 amide bonds. The van der Waals surface area contributed by atoms with E-state index in [2.05, 4.69) is 4.98 Å². The van der Waals surface area contributed by atoms with Crippen molar-refractivity contribution >= 4 is 17.4 Å². The van der Waals surface area contributed by atoms with E-state index in [1.54, 1.807) is 24.3 Å². The summed E-state index contributed by atoms with van der Waals surface area (Å²) in [6.07, 6.45) is 3.98. The number of hydrogen-bond donors (Lipinski definition) is 2. The van der Waals surface area contributed by atoms with Crippen LogP contribution in [0, 0.1) is 11.3 Å². The number of hydrogen-bond acceptors (Lipinski definition) is 6. The number of aromatic nitrogens is 2. The van der Waals surface area contributed by atoms with E-state index >= 15 is 0 Å². The molecule has 1 aromatic heterocycles. The molecule has 3 N–H and O–H groups in total. The molecule has 9 nitrogen and oxygen atoms in total. The van der Waals surface area contributed by atoms with Gasteiger partial charge in [0, 0.05) is 13.1 Å². The van der Waals surface area contributed by atoms with Gasteiger partial charge in [-0.15, -0.1) is 0 Å². The number of anilines is 2. The maximum absolute atomic E-state index is 13.0. The van der Waals surface area contributed by atoms with Crippen molar-refractivity contribution in [3.63, 3.8) is 0 Å². The van der Waals surface area contributed by atoms with Crippen molar-refractivity contribution in [1.82, 2.24) is 9.55 Å². The number of para-hydroxylation sites is 1. The third-order valence-electron chi connectivity index (χ3n) is 4.86. The predicted octanol–water partition coefficient (Wildman–Crippen LogP) is 2.39. The standard InChI is InChI=1S/C22H29N5O4/c1-3-5-9-13-26(18(28)15-31-17-11-8-7-10-16(17)14-23)19-20(24)27(12-6-4-2)22(30)25-21(19)29/h7-8,10-11H,3-6,9,12-13,15,24H2,1-2H3,(H,25,29,30). The lowest BCUT2D eigenvalue weighted by Gasteiger charge is -2.24. The van der Waals surface area contributed by atoms with Crippen LogP contribution in [0.15, 0.2) is 33.9 Å². The highest BCUT2D eigenvalue weighted by molar-refractivity contribution is 5.96. The topological polar surface area (TPSA) is 134 Å². The van der Waals surface area contributed by atoms with Crippen LogP contribution in [0.1, 0.15) is 51.5 Å². The SMILES string of the molecule is CCCCCN(C(=O)COc1ccccc1C#N)c1c(N)n(CCCC)c(=O)[nH]c1=O. The zero-order valence-electron chi connectivity index (χ0n) is 18.0. The summed E-state index contributed by atoms with van der Waals surface area (Å²) >= 11 is 0. The molecule has 0 spiro atoms. The lowest BCUT2D eigenvalue weighted by atomic mass is 10.2. The predicted molar refractivity (Wildman–Crippen MR) is 119 cm³/mol. The maximum Gasteiger partial charge on any atom is 0.330 e. The van der Waals surface area contributed by atoms with E-state index in [4.69, 9.17) is 10.5 Å². The van der Waals surface area contributed by atoms with Crippen molar-refractivity contribution in [2.75, 3.05) is 23.8 Å². The third kappa shape index (κ3) is 5.98. The van der Waals surface area contributed by atoms with Crippen LogP contribution in [0.5, 0.6) is 5.75 Å². The number of nitrogens with two attached hydrogens (primary N) is 1. The highest BCUT2D eigenvalue weighted by Gasteiger charge is 2.24. The lowest BCUT2D eigenvalue weighted by molar-refractivity contribution is -0.120. The highest BCUT2D eigenvalue weighted by atomic mass is 16.5.